The highest BCUT2D eigenvalue weighted by molar-refractivity contribution is 9.10. The van der Waals surface area contributed by atoms with Gasteiger partial charge in [0.15, 0.2) is 5.82 Å². The molecule has 0 saturated carbocycles. The number of hydrogen-bond acceptors (Lipinski definition) is 5. The summed E-state index contributed by atoms with van der Waals surface area (Å²) in [5, 5.41) is 3.03. The maximum absolute atomic E-state index is 5.25. The Labute approximate surface area is 126 Å². The van der Waals surface area contributed by atoms with Gasteiger partial charge in [-0.25, -0.2) is 9.97 Å². The maximum atomic E-state index is 5.25. The van der Waals surface area contributed by atoms with Gasteiger partial charge in [0.2, 0.25) is 0 Å². The van der Waals surface area contributed by atoms with E-state index in [1.807, 2.05) is 31.3 Å². The summed E-state index contributed by atoms with van der Waals surface area (Å²) in [7, 11) is 5.10. The Bertz CT molecular complexity index is 605. The Morgan fingerprint density at radius 2 is 2.00 bits per heavy atom. The molecule has 2 aromatic rings. The van der Waals surface area contributed by atoms with E-state index in [9.17, 15) is 0 Å². The number of hydrogen-bond donors (Lipinski definition) is 1. The van der Waals surface area contributed by atoms with E-state index < -0.39 is 0 Å². The number of methoxy groups -OCH3 is 2. The smallest absolute Gasteiger partial charge is 0.163 e. The molecule has 5 nitrogen and oxygen atoms in total. The van der Waals surface area contributed by atoms with Gasteiger partial charge in [-0.3, -0.25) is 0 Å². The Morgan fingerprint density at radius 3 is 2.65 bits per heavy atom. The van der Waals surface area contributed by atoms with Crippen molar-refractivity contribution in [3.63, 3.8) is 0 Å². The Balaban J connectivity index is 2.53. The molecule has 0 atom stereocenters. The van der Waals surface area contributed by atoms with E-state index in [0.29, 0.717) is 12.4 Å². The molecule has 0 aliphatic heterocycles. The first-order chi connectivity index (χ1) is 9.67. The molecular formula is C14H16BrN3O2. The molecular weight excluding hydrogens is 322 g/mol. The second-order valence-corrected chi connectivity index (χ2v) is 4.95. The van der Waals surface area contributed by atoms with E-state index in [1.165, 1.54) is 0 Å². The van der Waals surface area contributed by atoms with Crippen LogP contribution in [0.25, 0.3) is 11.4 Å². The Hall–Kier alpha value is -1.66. The lowest BCUT2D eigenvalue weighted by atomic mass is 10.2. The largest absolute Gasteiger partial charge is 0.497 e. The van der Waals surface area contributed by atoms with Gasteiger partial charge < -0.3 is 14.8 Å². The SMILES string of the molecule is CNc1cc(COC)nc(-c2cc(OC)ccc2Br)n1. The monoisotopic (exact) mass is 337 g/mol. The van der Waals surface area contributed by atoms with Crippen molar-refractivity contribution in [2.75, 3.05) is 26.6 Å². The number of halogens is 1. The molecule has 0 bridgehead atoms. The molecule has 20 heavy (non-hydrogen) atoms. The fourth-order valence-electron chi connectivity index (χ4n) is 1.77. The third-order valence-electron chi connectivity index (χ3n) is 2.74. The topological polar surface area (TPSA) is 56.3 Å². The van der Waals surface area contributed by atoms with Crippen molar-refractivity contribution in [3.8, 4) is 17.1 Å². The average molecular weight is 338 g/mol. The fourth-order valence-corrected chi connectivity index (χ4v) is 2.19. The van der Waals surface area contributed by atoms with E-state index in [-0.39, 0.29) is 0 Å². The minimum Gasteiger partial charge on any atom is -0.497 e. The molecule has 6 heteroatoms. The summed E-state index contributed by atoms with van der Waals surface area (Å²) in [6.07, 6.45) is 0. The molecule has 1 aromatic carbocycles. The minimum atomic E-state index is 0.436. The van der Waals surface area contributed by atoms with E-state index in [0.717, 1.165) is 27.3 Å². The molecule has 1 aromatic heterocycles. The number of aromatic nitrogens is 2. The summed E-state index contributed by atoms with van der Waals surface area (Å²) >= 11 is 3.52. The van der Waals surface area contributed by atoms with Gasteiger partial charge in [0, 0.05) is 30.3 Å². The zero-order valence-corrected chi connectivity index (χ0v) is 13.2. The minimum absolute atomic E-state index is 0.436. The predicted molar refractivity (Wildman–Crippen MR) is 82.0 cm³/mol. The van der Waals surface area contributed by atoms with Crippen LogP contribution in [0.2, 0.25) is 0 Å². The van der Waals surface area contributed by atoms with Gasteiger partial charge in [-0.1, -0.05) is 15.9 Å². The highest BCUT2D eigenvalue weighted by Gasteiger charge is 2.11. The molecule has 0 fully saturated rings. The lowest BCUT2D eigenvalue weighted by molar-refractivity contribution is 0.181. The molecule has 0 unspecified atom stereocenters. The zero-order chi connectivity index (χ0) is 14.5. The second-order valence-electron chi connectivity index (χ2n) is 4.10. The van der Waals surface area contributed by atoms with Gasteiger partial charge in [0.25, 0.3) is 0 Å². The Morgan fingerprint density at radius 1 is 1.20 bits per heavy atom. The zero-order valence-electron chi connectivity index (χ0n) is 11.6. The van der Waals surface area contributed by atoms with E-state index in [2.05, 4.69) is 31.2 Å². The van der Waals surface area contributed by atoms with Crippen molar-refractivity contribution in [3.05, 3.63) is 34.4 Å². The lowest BCUT2D eigenvalue weighted by Crippen LogP contribution is -2.02. The molecule has 1 N–H and O–H groups in total. The molecule has 0 aliphatic carbocycles. The molecule has 106 valence electrons. The van der Waals surface area contributed by atoms with Crippen LogP contribution >= 0.6 is 15.9 Å². The van der Waals surface area contributed by atoms with Crippen LogP contribution in [0.1, 0.15) is 5.69 Å². The van der Waals surface area contributed by atoms with Gasteiger partial charge in [-0.2, -0.15) is 0 Å². The first kappa shape index (κ1) is 14.7. The highest BCUT2D eigenvalue weighted by Crippen LogP contribution is 2.30. The summed E-state index contributed by atoms with van der Waals surface area (Å²) in [6, 6.07) is 7.56. The van der Waals surface area contributed by atoms with E-state index in [4.69, 9.17) is 9.47 Å². The summed E-state index contributed by atoms with van der Waals surface area (Å²) < 4.78 is 11.3. The van der Waals surface area contributed by atoms with Crippen molar-refractivity contribution >= 4 is 21.7 Å². The fraction of sp³-hybridized carbons (Fsp3) is 0.286. The van der Waals surface area contributed by atoms with Crippen molar-refractivity contribution < 1.29 is 9.47 Å². The first-order valence-electron chi connectivity index (χ1n) is 6.06. The molecule has 0 spiro atoms. The maximum Gasteiger partial charge on any atom is 0.163 e. The van der Waals surface area contributed by atoms with Gasteiger partial charge >= 0.3 is 0 Å². The number of nitrogens with one attached hydrogen (secondary N) is 1. The first-order valence-corrected chi connectivity index (χ1v) is 6.85. The van der Waals surface area contributed by atoms with Crippen LogP contribution < -0.4 is 10.1 Å². The molecule has 0 saturated heterocycles. The van der Waals surface area contributed by atoms with Crippen molar-refractivity contribution in [1.82, 2.24) is 9.97 Å². The van der Waals surface area contributed by atoms with Crippen LogP contribution in [0.4, 0.5) is 5.82 Å². The third kappa shape index (κ3) is 3.26. The van der Waals surface area contributed by atoms with Crippen LogP contribution in [0, 0.1) is 0 Å². The predicted octanol–water partition coefficient (Wildman–Crippen LogP) is 3.10. The summed E-state index contributed by atoms with van der Waals surface area (Å²) in [4.78, 5) is 8.99. The van der Waals surface area contributed by atoms with Crippen LogP contribution in [0.3, 0.4) is 0 Å². The van der Waals surface area contributed by atoms with Gasteiger partial charge in [-0.15, -0.1) is 0 Å². The normalized spacial score (nSPS) is 10.4. The van der Waals surface area contributed by atoms with Crippen LogP contribution in [0.5, 0.6) is 5.75 Å². The van der Waals surface area contributed by atoms with E-state index in [1.54, 1.807) is 14.2 Å². The standard InChI is InChI=1S/C14H16BrN3O2/c1-16-13-6-9(8-19-2)17-14(18-13)11-7-10(20-3)4-5-12(11)15/h4-7H,8H2,1-3H3,(H,16,17,18). The quantitative estimate of drug-likeness (QED) is 0.908. The van der Waals surface area contributed by atoms with Crippen LogP contribution in [0.15, 0.2) is 28.7 Å². The lowest BCUT2D eigenvalue weighted by Gasteiger charge is -2.10. The van der Waals surface area contributed by atoms with Crippen LogP contribution in [-0.4, -0.2) is 31.2 Å². The number of benzene rings is 1. The van der Waals surface area contributed by atoms with Gasteiger partial charge in [0.05, 0.1) is 19.4 Å². The van der Waals surface area contributed by atoms with Crippen molar-refractivity contribution in [2.45, 2.75) is 6.61 Å². The number of anilines is 1. The summed E-state index contributed by atoms with van der Waals surface area (Å²) in [6.45, 7) is 0.436. The second kappa shape index (κ2) is 6.67. The molecule has 0 radical (unpaired) electrons. The number of nitrogens with zero attached hydrogens (tertiary/aromatic N) is 2. The van der Waals surface area contributed by atoms with Gasteiger partial charge in [0.1, 0.15) is 11.6 Å². The molecule has 1 heterocycles. The molecule has 0 aliphatic rings. The summed E-state index contributed by atoms with van der Waals surface area (Å²) in [5.41, 5.74) is 1.69. The molecule has 0 amide bonds. The van der Waals surface area contributed by atoms with Gasteiger partial charge in [-0.05, 0) is 18.2 Å². The van der Waals surface area contributed by atoms with Crippen LogP contribution in [-0.2, 0) is 11.3 Å². The number of rotatable bonds is 5. The third-order valence-corrected chi connectivity index (χ3v) is 3.43. The molecule has 2 rings (SSSR count). The van der Waals surface area contributed by atoms with E-state index >= 15 is 0 Å². The number of ether oxygens (including phenoxy) is 2. The van der Waals surface area contributed by atoms with Crippen molar-refractivity contribution in [2.24, 2.45) is 0 Å². The summed E-state index contributed by atoms with van der Waals surface area (Å²) in [5.74, 6) is 2.13. The average Bonchev–Trinajstić information content (AvgIpc) is 2.47. The Kier molecular flexibility index (Phi) is 4.92. The highest BCUT2D eigenvalue weighted by atomic mass is 79.9. The van der Waals surface area contributed by atoms with Crippen molar-refractivity contribution in [1.29, 1.82) is 0 Å².